The first-order valence-electron chi connectivity index (χ1n) is 36.1. The number of ether oxygens (including phenoxy) is 1. The first kappa shape index (κ1) is 81.7. The normalized spacial score (nSPS) is 13.8. The van der Waals surface area contributed by atoms with Crippen molar-refractivity contribution in [2.24, 2.45) is 0 Å². The van der Waals surface area contributed by atoms with Gasteiger partial charge in [0.1, 0.15) is 19.3 Å². The third-order valence-electron chi connectivity index (χ3n) is 16.2. The van der Waals surface area contributed by atoms with Crippen LogP contribution in [-0.4, -0.2) is 69.4 Å². The second kappa shape index (κ2) is 63.7. The summed E-state index contributed by atoms with van der Waals surface area (Å²) in [5, 5.41) is 3.05. The molecule has 1 amide bonds. The number of carbonyl (C=O) groups is 2. The third-order valence-corrected chi connectivity index (χ3v) is 17.2. The predicted octanol–water partition coefficient (Wildman–Crippen LogP) is 22.3. The van der Waals surface area contributed by atoms with E-state index in [-0.39, 0.29) is 31.5 Å². The highest BCUT2D eigenvalue weighted by atomic mass is 31.2. The van der Waals surface area contributed by atoms with Gasteiger partial charge in [0.25, 0.3) is 7.82 Å². The molecule has 1 N–H and O–H groups in total. The second-order valence-electron chi connectivity index (χ2n) is 25.7. The van der Waals surface area contributed by atoms with Gasteiger partial charge in [-0.15, -0.1) is 0 Å². The molecule has 84 heavy (non-hydrogen) atoms. The van der Waals surface area contributed by atoms with Crippen LogP contribution in [0, 0.1) is 0 Å². The van der Waals surface area contributed by atoms with E-state index < -0.39 is 20.0 Å². The molecule has 0 saturated heterocycles. The van der Waals surface area contributed by atoms with Gasteiger partial charge in [-0.05, 0) is 76.7 Å². The van der Waals surface area contributed by atoms with Crippen LogP contribution in [0.1, 0.15) is 348 Å². The molecule has 0 aliphatic heterocycles. The highest BCUT2D eigenvalue weighted by molar-refractivity contribution is 7.45. The van der Waals surface area contributed by atoms with E-state index in [0.29, 0.717) is 17.4 Å². The summed E-state index contributed by atoms with van der Waals surface area (Å²) in [5.41, 5.74) is 0. The fourth-order valence-electron chi connectivity index (χ4n) is 10.6. The fraction of sp³-hybridized carbons (Fsp3) is 0.838. The lowest BCUT2D eigenvalue weighted by molar-refractivity contribution is -0.870. The Bertz CT molecular complexity index is 1620. The van der Waals surface area contributed by atoms with E-state index in [1.807, 2.05) is 33.3 Å². The van der Waals surface area contributed by atoms with Crippen LogP contribution in [0.4, 0.5) is 0 Å². The van der Waals surface area contributed by atoms with E-state index in [2.05, 4.69) is 74.7 Å². The van der Waals surface area contributed by atoms with Gasteiger partial charge in [-0.2, -0.15) is 0 Å². The van der Waals surface area contributed by atoms with Crippen molar-refractivity contribution >= 4 is 19.7 Å². The zero-order valence-corrected chi connectivity index (χ0v) is 57.3. The number of unbranched alkanes of at least 4 members (excludes halogenated alkanes) is 42. The molecule has 0 aliphatic carbocycles. The van der Waals surface area contributed by atoms with Gasteiger partial charge in [0, 0.05) is 12.8 Å². The lowest BCUT2D eigenvalue weighted by Crippen LogP contribution is -2.47. The Kier molecular flexibility index (Phi) is 62.0. The molecule has 0 aliphatic rings. The first-order chi connectivity index (χ1) is 40.9. The summed E-state index contributed by atoms with van der Waals surface area (Å²) in [6, 6.07) is -0.889. The molecule has 0 bridgehead atoms. The molecule has 492 valence electrons. The van der Waals surface area contributed by atoms with Gasteiger partial charge in [0.15, 0.2) is 0 Å². The van der Waals surface area contributed by atoms with Crippen LogP contribution < -0.4 is 10.2 Å². The number of phosphoric ester groups is 1. The monoisotopic (exact) mass is 1200 g/mol. The number of nitrogens with zero attached hydrogens (tertiary/aromatic N) is 1. The number of esters is 1. The van der Waals surface area contributed by atoms with E-state index in [9.17, 15) is 19.0 Å². The van der Waals surface area contributed by atoms with Crippen molar-refractivity contribution in [3.8, 4) is 0 Å². The van der Waals surface area contributed by atoms with E-state index in [0.717, 1.165) is 77.0 Å². The SMILES string of the molecule is CCCCC/C=C\C/C=C\C/C=C\C/C=C\CCCCCCCCCCCCCC(=O)OC(/C=C/CCCCCCCCCCCC)C(COP(=O)([O-])OCC[N+](C)(C)C)NC(=O)CCCCCCCCCCCCCCCCCCCCC. The quantitative estimate of drug-likeness (QED) is 0.0212. The molecule has 0 aromatic heterocycles. The number of quaternary nitrogens is 1. The van der Waals surface area contributed by atoms with Crippen LogP contribution in [0.5, 0.6) is 0 Å². The van der Waals surface area contributed by atoms with E-state index in [4.69, 9.17) is 13.8 Å². The topological polar surface area (TPSA) is 114 Å². The van der Waals surface area contributed by atoms with Crippen LogP contribution in [0.25, 0.3) is 0 Å². The molecule has 3 atom stereocenters. The standard InChI is InChI=1S/C74H139N2O7P/c1-7-10-13-16-19-22-25-28-30-32-34-35-36-37-38-39-40-41-43-45-47-49-52-55-58-61-64-67-74(78)83-72(65-62-59-56-53-50-27-24-21-18-15-12-9-3)71(70-82-84(79,80)81-69-68-76(4,5)6)75-73(77)66-63-60-57-54-51-48-46-44-42-33-31-29-26-23-20-17-14-11-8-2/h19,22,28,30,34-35,37-38,62,65,71-72H,7-18,20-21,23-27,29,31-33,36,39-61,63-64,66-70H2,1-6H3,(H-,75,77,79,80)/b22-19-,30-28-,35-34-,38-37-,65-62+. The van der Waals surface area contributed by atoms with E-state index >= 15 is 0 Å². The van der Waals surface area contributed by atoms with Gasteiger partial charge in [0.2, 0.25) is 5.91 Å². The summed E-state index contributed by atoms with van der Waals surface area (Å²) in [6.07, 6.45) is 82.0. The highest BCUT2D eigenvalue weighted by Crippen LogP contribution is 2.38. The van der Waals surface area contributed by atoms with Gasteiger partial charge in [0.05, 0.1) is 33.8 Å². The summed E-state index contributed by atoms with van der Waals surface area (Å²) in [6.45, 7) is 6.86. The van der Waals surface area contributed by atoms with Crippen molar-refractivity contribution in [1.82, 2.24) is 5.32 Å². The van der Waals surface area contributed by atoms with Crippen molar-refractivity contribution in [2.45, 2.75) is 360 Å². The molecule has 0 heterocycles. The molecule has 0 fully saturated rings. The molecule has 3 unspecified atom stereocenters. The molecular weight excluding hydrogens is 1060 g/mol. The summed E-state index contributed by atoms with van der Waals surface area (Å²) in [4.78, 5) is 40.2. The average Bonchev–Trinajstić information content (AvgIpc) is 3.65. The van der Waals surface area contributed by atoms with Gasteiger partial charge >= 0.3 is 5.97 Å². The van der Waals surface area contributed by atoms with E-state index in [1.54, 1.807) is 0 Å². The Morgan fingerprint density at radius 1 is 0.417 bits per heavy atom. The lowest BCUT2D eigenvalue weighted by Gasteiger charge is -2.30. The minimum absolute atomic E-state index is 0.0217. The average molecular weight is 1200 g/mol. The van der Waals surface area contributed by atoms with Gasteiger partial charge in [-0.3, -0.25) is 14.2 Å². The van der Waals surface area contributed by atoms with E-state index in [1.165, 1.54) is 238 Å². The van der Waals surface area contributed by atoms with Crippen molar-refractivity contribution in [2.75, 3.05) is 40.9 Å². The third kappa shape index (κ3) is 64.2. The Labute approximate surface area is 521 Å². The number of carbonyl (C=O) groups excluding carboxylic acids is 2. The zero-order chi connectivity index (χ0) is 61.4. The highest BCUT2D eigenvalue weighted by Gasteiger charge is 2.27. The molecule has 0 aromatic carbocycles. The molecule has 0 radical (unpaired) electrons. The fourth-order valence-corrected chi connectivity index (χ4v) is 11.3. The number of amides is 1. The first-order valence-corrected chi connectivity index (χ1v) is 37.6. The number of nitrogens with one attached hydrogen (secondary N) is 1. The van der Waals surface area contributed by atoms with Crippen LogP contribution in [0.3, 0.4) is 0 Å². The molecular formula is C74H139N2O7P. The largest absolute Gasteiger partial charge is 0.756 e. The minimum atomic E-state index is -4.70. The predicted molar refractivity (Wildman–Crippen MR) is 362 cm³/mol. The molecule has 9 nitrogen and oxygen atoms in total. The maximum Gasteiger partial charge on any atom is 0.306 e. The van der Waals surface area contributed by atoms with Crippen LogP contribution in [0.2, 0.25) is 0 Å². The molecule has 0 saturated carbocycles. The number of hydrogen-bond acceptors (Lipinski definition) is 7. The Morgan fingerprint density at radius 2 is 0.726 bits per heavy atom. The summed E-state index contributed by atoms with van der Waals surface area (Å²) >= 11 is 0. The van der Waals surface area contributed by atoms with Gasteiger partial charge in [-0.1, -0.05) is 319 Å². The summed E-state index contributed by atoms with van der Waals surface area (Å²) < 4.78 is 30.5. The second-order valence-corrected chi connectivity index (χ2v) is 27.2. The molecule has 0 rings (SSSR count). The van der Waals surface area contributed by atoms with Gasteiger partial charge in [-0.25, -0.2) is 0 Å². The van der Waals surface area contributed by atoms with Gasteiger partial charge < -0.3 is 28.5 Å². The Morgan fingerprint density at radius 3 is 1.11 bits per heavy atom. The number of hydrogen-bond donors (Lipinski definition) is 1. The van der Waals surface area contributed by atoms with Crippen LogP contribution in [0.15, 0.2) is 60.8 Å². The van der Waals surface area contributed by atoms with Crippen LogP contribution >= 0.6 is 7.82 Å². The van der Waals surface area contributed by atoms with Crippen molar-refractivity contribution in [1.29, 1.82) is 0 Å². The lowest BCUT2D eigenvalue weighted by atomic mass is 10.0. The number of likely N-dealkylation sites (N-methyl/N-ethyl adjacent to an activating group) is 1. The maximum absolute atomic E-state index is 13.6. The van der Waals surface area contributed by atoms with Crippen molar-refractivity contribution < 1.29 is 37.3 Å². The van der Waals surface area contributed by atoms with Crippen molar-refractivity contribution in [3.05, 3.63) is 60.8 Å². The smallest absolute Gasteiger partial charge is 0.306 e. The minimum Gasteiger partial charge on any atom is -0.756 e. The van der Waals surface area contributed by atoms with Crippen LogP contribution in [-0.2, 0) is 27.9 Å². The van der Waals surface area contributed by atoms with Crippen molar-refractivity contribution in [3.63, 3.8) is 0 Å². The number of rotatable bonds is 66. The Balaban J connectivity index is 5.03. The molecule has 10 heteroatoms. The summed E-state index contributed by atoms with van der Waals surface area (Å²) in [5.74, 6) is -0.529. The molecule has 0 aromatic rings. The molecule has 0 spiro atoms. The number of allylic oxidation sites excluding steroid dienone is 9. The maximum atomic E-state index is 13.6. The zero-order valence-electron chi connectivity index (χ0n) is 56.4. The Hall–Kier alpha value is -2.29. The number of phosphoric acid groups is 1. The summed E-state index contributed by atoms with van der Waals surface area (Å²) in [7, 11) is 1.19.